The molecule has 0 radical (unpaired) electrons. The van der Waals surface area contributed by atoms with Crippen LogP contribution in [0.5, 0.6) is 0 Å². The number of nitrogens with zero attached hydrogens (tertiary/aromatic N) is 2. The summed E-state index contributed by atoms with van der Waals surface area (Å²) in [6, 6.07) is 19.1. The maximum atomic E-state index is 12.5. The van der Waals surface area contributed by atoms with Crippen molar-refractivity contribution in [3.05, 3.63) is 71.4 Å². The zero-order chi connectivity index (χ0) is 15.5. The molecule has 3 aromatic rings. The van der Waals surface area contributed by atoms with Crippen molar-refractivity contribution >= 4 is 16.8 Å². The molecule has 0 spiro atoms. The van der Waals surface area contributed by atoms with E-state index in [1.165, 1.54) is 0 Å². The van der Waals surface area contributed by atoms with Crippen LogP contribution < -0.4 is 0 Å². The van der Waals surface area contributed by atoms with Gasteiger partial charge >= 0.3 is 0 Å². The predicted octanol–water partition coefficient (Wildman–Crippen LogP) is 3.31. The Hall–Kier alpha value is -3.06. The van der Waals surface area contributed by atoms with Crippen LogP contribution in [-0.4, -0.2) is 22.8 Å². The Kier molecular flexibility index (Phi) is 3.63. The van der Waals surface area contributed by atoms with E-state index in [0.717, 1.165) is 16.5 Å². The normalized spacial score (nSPS) is 10.4. The number of aromatic nitrogens is 1. The second-order valence-corrected chi connectivity index (χ2v) is 5.24. The lowest BCUT2D eigenvalue weighted by molar-refractivity contribution is 0.0780. The van der Waals surface area contributed by atoms with Crippen molar-refractivity contribution in [3.63, 3.8) is 0 Å². The summed E-state index contributed by atoms with van der Waals surface area (Å²) < 4.78 is 0. The van der Waals surface area contributed by atoms with Gasteiger partial charge in [0.1, 0.15) is 5.69 Å². The molecular formula is C18H15N3O. The number of benzene rings is 2. The van der Waals surface area contributed by atoms with Gasteiger partial charge in [0, 0.05) is 24.5 Å². The highest BCUT2D eigenvalue weighted by Gasteiger charge is 2.14. The molecule has 22 heavy (non-hydrogen) atoms. The summed E-state index contributed by atoms with van der Waals surface area (Å²) in [5.74, 6) is -0.0708. The number of hydrogen-bond acceptors (Lipinski definition) is 2. The molecule has 2 aromatic carbocycles. The van der Waals surface area contributed by atoms with Gasteiger partial charge in [-0.05, 0) is 29.8 Å². The van der Waals surface area contributed by atoms with E-state index in [9.17, 15) is 4.79 Å². The number of amides is 1. The van der Waals surface area contributed by atoms with E-state index >= 15 is 0 Å². The van der Waals surface area contributed by atoms with E-state index in [-0.39, 0.29) is 5.91 Å². The molecule has 0 atom stereocenters. The molecule has 4 nitrogen and oxygen atoms in total. The maximum Gasteiger partial charge on any atom is 0.270 e. The highest BCUT2D eigenvalue weighted by atomic mass is 16.2. The number of H-pyrrole nitrogens is 1. The van der Waals surface area contributed by atoms with Crippen molar-refractivity contribution in [2.45, 2.75) is 6.54 Å². The van der Waals surface area contributed by atoms with E-state index < -0.39 is 0 Å². The molecule has 0 fully saturated rings. The van der Waals surface area contributed by atoms with Crippen LogP contribution in [0.1, 0.15) is 21.6 Å². The molecule has 0 bridgehead atoms. The standard InChI is InChI=1S/C18H15N3O/c1-21(12-14-6-4-5-13(9-14)11-19)18(22)17-10-15-7-2-3-8-16(15)20-17/h2-10,20H,12H2,1H3. The van der Waals surface area contributed by atoms with Gasteiger partial charge in [0.25, 0.3) is 5.91 Å². The number of hydrogen-bond donors (Lipinski definition) is 1. The van der Waals surface area contributed by atoms with Crippen LogP contribution in [0.4, 0.5) is 0 Å². The van der Waals surface area contributed by atoms with E-state index in [1.807, 2.05) is 42.5 Å². The Morgan fingerprint density at radius 3 is 2.77 bits per heavy atom. The van der Waals surface area contributed by atoms with Gasteiger partial charge in [0.15, 0.2) is 0 Å². The van der Waals surface area contributed by atoms with E-state index in [1.54, 1.807) is 24.1 Å². The van der Waals surface area contributed by atoms with E-state index in [0.29, 0.717) is 17.8 Å². The number of rotatable bonds is 3. The van der Waals surface area contributed by atoms with Gasteiger partial charge in [-0.15, -0.1) is 0 Å². The average molecular weight is 289 g/mol. The van der Waals surface area contributed by atoms with Gasteiger partial charge in [0.2, 0.25) is 0 Å². The second-order valence-electron chi connectivity index (χ2n) is 5.24. The lowest BCUT2D eigenvalue weighted by atomic mass is 10.1. The van der Waals surface area contributed by atoms with Crippen LogP contribution in [0, 0.1) is 11.3 Å². The van der Waals surface area contributed by atoms with Crippen LogP contribution in [0.3, 0.4) is 0 Å². The summed E-state index contributed by atoms with van der Waals surface area (Å²) in [6.07, 6.45) is 0. The zero-order valence-electron chi connectivity index (χ0n) is 12.2. The minimum Gasteiger partial charge on any atom is -0.351 e. The second kappa shape index (κ2) is 5.74. The van der Waals surface area contributed by atoms with Crippen LogP contribution >= 0.6 is 0 Å². The zero-order valence-corrected chi connectivity index (χ0v) is 12.2. The summed E-state index contributed by atoms with van der Waals surface area (Å²) in [4.78, 5) is 17.3. The molecule has 4 heteroatoms. The highest BCUT2D eigenvalue weighted by molar-refractivity contribution is 5.97. The smallest absolute Gasteiger partial charge is 0.270 e. The number of para-hydroxylation sites is 1. The molecule has 0 aliphatic heterocycles. The van der Waals surface area contributed by atoms with Gasteiger partial charge in [-0.25, -0.2) is 0 Å². The van der Waals surface area contributed by atoms with Crippen molar-refractivity contribution < 1.29 is 4.79 Å². The minimum atomic E-state index is -0.0708. The van der Waals surface area contributed by atoms with Crippen LogP contribution in [0.2, 0.25) is 0 Å². The monoisotopic (exact) mass is 289 g/mol. The Morgan fingerprint density at radius 2 is 2.00 bits per heavy atom. The highest BCUT2D eigenvalue weighted by Crippen LogP contribution is 2.16. The van der Waals surface area contributed by atoms with Crippen molar-refractivity contribution in [2.24, 2.45) is 0 Å². The predicted molar refractivity (Wildman–Crippen MR) is 85.3 cm³/mol. The Bertz CT molecular complexity index is 840. The van der Waals surface area contributed by atoms with Crippen molar-refractivity contribution in [1.29, 1.82) is 5.26 Å². The van der Waals surface area contributed by atoms with Gasteiger partial charge in [-0.2, -0.15) is 5.26 Å². The van der Waals surface area contributed by atoms with Gasteiger partial charge < -0.3 is 9.88 Å². The topological polar surface area (TPSA) is 59.9 Å². The van der Waals surface area contributed by atoms with E-state index in [4.69, 9.17) is 5.26 Å². The fourth-order valence-corrected chi connectivity index (χ4v) is 2.48. The number of nitrogens with one attached hydrogen (secondary N) is 1. The summed E-state index contributed by atoms with van der Waals surface area (Å²) in [5, 5.41) is 9.95. The Balaban J connectivity index is 1.80. The first-order valence-corrected chi connectivity index (χ1v) is 6.99. The molecule has 1 heterocycles. The van der Waals surface area contributed by atoms with Gasteiger partial charge in [-0.3, -0.25) is 4.79 Å². The van der Waals surface area contributed by atoms with Gasteiger partial charge in [-0.1, -0.05) is 30.3 Å². The molecule has 0 aliphatic carbocycles. The van der Waals surface area contributed by atoms with Gasteiger partial charge in [0.05, 0.1) is 11.6 Å². The molecule has 1 amide bonds. The van der Waals surface area contributed by atoms with Crippen LogP contribution in [-0.2, 0) is 6.54 Å². The van der Waals surface area contributed by atoms with Crippen molar-refractivity contribution in [3.8, 4) is 6.07 Å². The van der Waals surface area contributed by atoms with Crippen molar-refractivity contribution in [2.75, 3.05) is 7.05 Å². The first-order valence-electron chi connectivity index (χ1n) is 6.99. The fraction of sp³-hybridized carbons (Fsp3) is 0.111. The summed E-state index contributed by atoms with van der Waals surface area (Å²) in [6.45, 7) is 0.462. The fourth-order valence-electron chi connectivity index (χ4n) is 2.48. The lowest BCUT2D eigenvalue weighted by Crippen LogP contribution is -2.26. The van der Waals surface area contributed by atoms with Crippen LogP contribution in [0.25, 0.3) is 10.9 Å². The molecule has 1 aromatic heterocycles. The molecule has 1 N–H and O–H groups in total. The number of carbonyl (C=O) groups is 1. The Labute approximate surface area is 128 Å². The van der Waals surface area contributed by atoms with Crippen LogP contribution in [0.15, 0.2) is 54.6 Å². The minimum absolute atomic E-state index is 0.0708. The molecule has 0 unspecified atom stereocenters. The third-order valence-corrected chi connectivity index (χ3v) is 3.58. The first kappa shape index (κ1) is 13.9. The van der Waals surface area contributed by atoms with Crippen molar-refractivity contribution in [1.82, 2.24) is 9.88 Å². The summed E-state index contributed by atoms with van der Waals surface area (Å²) in [7, 11) is 1.76. The third-order valence-electron chi connectivity index (χ3n) is 3.58. The number of aromatic amines is 1. The first-order chi connectivity index (χ1) is 10.7. The molecule has 3 rings (SSSR count). The molecule has 108 valence electrons. The number of fused-ring (bicyclic) bond motifs is 1. The quantitative estimate of drug-likeness (QED) is 0.804. The molecule has 0 saturated heterocycles. The molecule has 0 aliphatic rings. The molecule has 0 saturated carbocycles. The largest absolute Gasteiger partial charge is 0.351 e. The SMILES string of the molecule is CN(Cc1cccc(C#N)c1)C(=O)c1cc2ccccc2[nH]1. The lowest BCUT2D eigenvalue weighted by Gasteiger charge is -2.16. The average Bonchev–Trinajstić information content (AvgIpc) is 2.98. The number of carbonyl (C=O) groups excluding carboxylic acids is 1. The maximum absolute atomic E-state index is 12.5. The summed E-state index contributed by atoms with van der Waals surface area (Å²) >= 11 is 0. The third kappa shape index (κ3) is 2.70. The Morgan fingerprint density at radius 1 is 1.18 bits per heavy atom. The molecular weight excluding hydrogens is 274 g/mol. The van der Waals surface area contributed by atoms with E-state index in [2.05, 4.69) is 11.1 Å². The number of nitriles is 1. The summed E-state index contributed by atoms with van der Waals surface area (Å²) in [5.41, 5.74) is 3.06.